The van der Waals surface area contributed by atoms with Crippen molar-refractivity contribution in [2.45, 2.75) is 25.6 Å². The van der Waals surface area contributed by atoms with Crippen LogP contribution >= 0.6 is 11.3 Å². The van der Waals surface area contributed by atoms with Crippen LogP contribution in [-0.4, -0.2) is 13.2 Å². The maximum absolute atomic E-state index is 12.1. The van der Waals surface area contributed by atoms with E-state index in [0.29, 0.717) is 0 Å². The lowest BCUT2D eigenvalue weighted by Gasteiger charge is -2.16. The second kappa shape index (κ2) is 4.31. The Morgan fingerprint density at radius 3 is 2.43 bits per heavy atom. The first-order valence-electron chi connectivity index (χ1n) is 4.23. The number of aryl methyl sites for hydroxylation is 1. The minimum atomic E-state index is -4.12. The van der Waals surface area contributed by atoms with Crippen LogP contribution in [0.5, 0.6) is 0 Å². The topological polar surface area (TPSA) is 12.0 Å². The summed E-state index contributed by atoms with van der Waals surface area (Å²) in [6.07, 6.45) is -4.94. The van der Waals surface area contributed by atoms with Crippen LogP contribution in [0.3, 0.4) is 0 Å². The van der Waals surface area contributed by atoms with Crippen molar-refractivity contribution in [3.05, 3.63) is 21.9 Å². The van der Waals surface area contributed by atoms with Gasteiger partial charge in [0.25, 0.3) is 0 Å². The quantitative estimate of drug-likeness (QED) is 0.829. The molecule has 0 amide bonds. The summed E-state index contributed by atoms with van der Waals surface area (Å²) in [6, 6.07) is 2.96. The molecule has 0 saturated heterocycles. The monoisotopic (exact) mass is 223 g/mol. The summed E-state index contributed by atoms with van der Waals surface area (Å²) in [4.78, 5) is 1.77. The van der Waals surface area contributed by atoms with Crippen molar-refractivity contribution in [2.75, 3.05) is 7.05 Å². The van der Waals surface area contributed by atoms with E-state index < -0.39 is 18.6 Å². The van der Waals surface area contributed by atoms with Crippen molar-refractivity contribution in [1.82, 2.24) is 5.32 Å². The highest BCUT2D eigenvalue weighted by Crippen LogP contribution is 2.32. The van der Waals surface area contributed by atoms with E-state index in [-0.39, 0.29) is 0 Å². The van der Waals surface area contributed by atoms with Gasteiger partial charge < -0.3 is 5.32 Å². The van der Waals surface area contributed by atoms with Gasteiger partial charge in [0.2, 0.25) is 0 Å². The third-order valence-electron chi connectivity index (χ3n) is 1.89. The van der Waals surface area contributed by atoms with Crippen LogP contribution in [0.15, 0.2) is 12.1 Å². The Hall–Kier alpha value is -0.550. The molecule has 80 valence electrons. The summed E-state index contributed by atoms with van der Waals surface area (Å²) in [6.45, 7) is 1.88. The highest BCUT2D eigenvalue weighted by Gasteiger charge is 2.32. The second-order valence-corrected chi connectivity index (χ2v) is 4.43. The third-order valence-corrected chi connectivity index (χ3v) is 3.00. The Kier molecular flexibility index (Phi) is 3.55. The second-order valence-electron chi connectivity index (χ2n) is 3.11. The number of hydrogen-bond acceptors (Lipinski definition) is 2. The molecule has 0 aliphatic carbocycles. The molecule has 0 fully saturated rings. The molecule has 1 heterocycles. The van der Waals surface area contributed by atoms with Crippen molar-refractivity contribution in [3.8, 4) is 0 Å². The Bertz CT molecular complexity index is 292. The normalized spacial score (nSPS) is 14.4. The van der Waals surface area contributed by atoms with Gasteiger partial charge in [-0.1, -0.05) is 0 Å². The van der Waals surface area contributed by atoms with Gasteiger partial charge in [0.1, 0.15) is 0 Å². The molecule has 0 aliphatic rings. The summed E-state index contributed by atoms with van der Waals surface area (Å²) < 4.78 is 36.4. The van der Waals surface area contributed by atoms with Crippen molar-refractivity contribution >= 4 is 11.3 Å². The van der Waals surface area contributed by atoms with E-state index in [4.69, 9.17) is 0 Å². The van der Waals surface area contributed by atoms with Gasteiger partial charge in [0.05, 0.1) is 6.42 Å². The fourth-order valence-electron chi connectivity index (χ4n) is 1.22. The zero-order valence-electron chi connectivity index (χ0n) is 7.98. The van der Waals surface area contributed by atoms with Gasteiger partial charge >= 0.3 is 6.18 Å². The lowest BCUT2D eigenvalue weighted by Crippen LogP contribution is -2.22. The average Bonchev–Trinajstić information content (AvgIpc) is 2.46. The summed E-state index contributed by atoms with van der Waals surface area (Å²) in [5.41, 5.74) is 0. The van der Waals surface area contributed by atoms with Crippen molar-refractivity contribution in [3.63, 3.8) is 0 Å². The molecule has 1 nitrogen and oxygen atoms in total. The molecule has 1 N–H and O–H groups in total. The van der Waals surface area contributed by atoms with Gasteiger partial charge in [-0.2, -0.15) is 13.2 Å². The Morgan fingerprint density at radius 2 is 2.07 bits per heavy atom. The fraction of sp³-hybridized carbons (Fsp3) is 0.556. The maximum Gasteiger partial charge on any atom is 0.390 e. The average molecular weight is 223 g/mol. The molecular formula is C9H12F3NS. The maximum atomic E-state index is 12.1. The molecule has 1 aromatic rings. The van der Waals surface area contributed by atoms with Crippen LogP contribution in [0.25, 0.3) is 0 Å². The number of halogens is 3. The lowest BCUT2D eigenvalue weighted by atomic mass is 10.1. The minimum Gasteiger partial charge on any atom is -0.312 e. The zero-order valence-corrected chi connectivity index (χ0v) is 8.80. The van der Waals surface area contributed by atoms with E-state index in [0.717, 1.165) is 9.75 Å². The highest BCUT2D eigenvalue weighted by molar-refractivity contribution is 7.12. The number of nitrogens with one attached hydrogen (secondary N) is 1. The summed E-state index contributed by atoms with van der Waals surface area (Å²) >= 11 is 1.40. The molecule has 0 spiro atoms. The summed E-state index contributed by atoms with van der Waals surface area (Å²) in [5.74, 6) is 0. The van der Waals surface area contributed by atoms with Crippen LogP contribution in [0.1, 0.15) is 22.2 Å². The standard InChI is InChI=1S/C9H12F3NS/c1-6-3-4-8(14-6)7(13-2)5-9(10,11)12/h3-4,7,13H,5H2,1-2H3. The molecule has 0 bridgehead atoms. The molecule has 0 saturated carbocycles. The van der Waals surface area contributed by atoms with Crippen LogP contribution < -0.4 is 5.32 Å². The fourth-order valence-corrected chi connectivity index (χ4v) is 2.20. The molecule has 1 atom stereocenters. The number of alkyl halides is 3. The molecule has 1 unspecified atom stereocenters. The predicted molar refractivity (Wildman–Crippen MR) is 51.5 cm³/mol. The van der Waals surface area contributed by atoms with Crippen molar-refractivity contribution in [1.29, 1.82) is 0 Å². The molecule has 0 aromatic carbocycles. The number of hydrogen-bond donors (Lipinski definition) is 1. The molecular weight excluding hydrogens is 211 g/mol. The Morgan fingerprint density at radius 1 is 1.43 bits per heavy atom. The Balaban J connectivity index is 2.72. The first-order chi connectivity index (χ1) is 6.42. The van der Waals surface area contributed by atoms with Gasteiger partial charge in [-0.25, -0.2) is 0 Å². The number of thiophene rings is 1. The highest BCUT2D eigenvalue weighted by atomic mass is 32.1. The molecule has 14 heavy (non-hydrogen) atoms. The van der Waals surface area contributed by atoms with Gasteiger partial charge in [0, 0.05) is 15.8 Å². The van der Waals surface area contributed by atoms with Crippen LogP contribution in [0.4, 0.5) is 13.2 Å². The first kappa shape index (κ1) is 11.5. The van der Waals surface area contributed by atoms with Gasteiger partial charge in [-0.15, -0.1) is 11.3 Å². The van der Waals surface area contributed by atoms with E-state index in [1.807, 2.05) is 13.0 Å². The minimum absolute atomic E-state index is 0.617. The van der Waals surface area contributed by atoms with Crippen LogP contribution in [0, 0.1) is 6.92 Å². The zero-order chi connectivity index (χ0) is 10.8. The van der Waals surface area contributed by atoms with Crippen LogP contribution in [0.2, 0.25) is 0 Å². The van der Waals surface area contributed by atoms with E-state index in [1.54, 1.807) is 13.1 Å². The van der Waals surface area contributed by atoms with Crippen molar-refractivity contribution < 1.29 is 13.2 Å². The Labute approximate surface area is 84.9 Å². The first-order valence-corrected chi connectivity index (χ1v) is 5.04. The third kappa shape index (κ3) is 3.31. The number of rotatable bonds is 3. The molecule has 5 heteroatoms. The summed E-state index contributed by atoms with van der Waals surface area (Å²) in [7, 11) is 1.55. The van der Waals surface area contributed by atoms with E-state index in [9.17, 15) is 13.2 Å². The van der Waals surface area contributed by atoms with E-state index in [2.05, 4.69) is 5.32 Å². The van der Waals surface area contributed by atoms with E-state index >= 15 is 0 Å². The smallest absolute Gasteiger partial charge is 0.312 e. The molecule has 0 aliphatic heterocycles. The molecule has 0 radical (unpaired) electrons. The van der Waals surface area contributed by atoms with Gasteiger partial charge in [0.15, 0.2) is 0 Å². The summed E-state index contributed by atoms with van der Waals surface area (Å²) in [5, 5.41) is 2.68. The van der Waals surface area contributed by atoms with Gasteiger partial charge in [-0.05, 0) is 26.1 Å². The SMILES string of the molecule is CNC(CC(F)(F)F)c1ccc(C)s1. The van der Waals surface area contributed by atoms with E-state index in [1.165, 1.54) is 11.3 Å². The lowest BCUT2D eigenvalue weighted by molar-refractivity contribution is -0.140. The molecule has 1 aromatic heterocycles. The van der Waals surface area contributed by atoms with Crippen LogP contribution in [-0.2, 0) is 0 Å². The van der Waals surface area contributed by atoms with Crippen molar-refractivity contribution in [2.24, 2.45) is 0 Å². The van der Waals surface area contributed by atoms with Gasteiger partial charge in [-0.3, -0.25) is 0 Å². The predicted octanol–water partition coefficient (Wildman–Crippen LogP) is 3.27. The largest absolute Gasteiger partial charge is 0.390 e. The molecule has 1 rings (SSSR count).